The highest BCUT2D eigenvalue weighted by atomic mass is 16.4. The third-order valence-electron chi connectivity index (χ3n) is 1.30. The molecule has 166 valence electrons. The first-order valence-electron chi connectivity index (χ1n) is 8.06. The first-order valence-corrected chi connectivity index (χ1v) is 8.06. The summed E-state index contributed by atoms with van der Waals surface area (Å²) in [5.74, 6) is -2.85. The lowest BCUT2D eigenvalue weighted by Gasteiger charge is -1.85. The van der Waals surface area contributed by atoms with E-state index in [-0.39, 0.29) is 12.8 Å². The van der Waals surface area contributed by atoms with Crippen molar-refractivity contribution < 1.29 is 45.0 Å². The van der Waals surface area contributed by atoms with Crippen LogP contribution in [0.1, 0.15) is 59.8 Å². The molecule has 0 heterocycles. The highest BCUT2D eigenvalue weighted by Crippen LogP contribution is 1.91. The first kappa shape index (κ1) is 36.1. The van der Waals surface area contributed by atoms with Crippen molar-refractivity contribution in [2.45, 2.75) is 78.5 Å². The second-order valence-corrected chi connectivity index (χ2v) is 5.01. The largest absolute Gasteiger partial charge is 0.481 e. The van der Waals surface area contributed by atoms with Gasteiger partial charge in [-0.15, -0.1) is 0 Å². The van der Waals surface area contributed by atoms with E-state index in [9.17, 15) is 14.4 Å². The quantitative estimate of drug-likeness (QED) is 0.243. The molecule has 0 rings (SSSR count). The molecular formula is C15H37N3O9. The van der Waals surface area contributed by atoms with E-state index in [4.69, 9.17) is 30.6 Å². The van der Waals surface area contributed by atoms with Crippen LogP contribution < -0.4 is 17.2 Å². The molecule has 0 aromatic carbocycles. The summed E-state index contributed by atoms with van der Waals surface area (Å²) >= 11 is 0. The molecule has 0 aromatic rings. The van der Waals surface area contributed by atoms with E-state index in [0.29, 0.717) is 6.42 Å². The normalized spacial score (nSPS) is 11.8. The summed E-state index contributed by atoms with van der Waals surface area (Å²) in [5, 5.41) is 47.3. The Kier molecular flexibility index (Phi) is 38.8. The Balaban J connectivity index is -0.0000000777. The molecule has 0 radical (unpaired) electrons. The fraction of sp³-hybridized carbons (Fsp3) is 0.800. The van der Waals surface area contributed by atoms with Crippen LogP contribution >= 0.6 is 0 Å². The summed E-state index contributed by atoms with van der Waals surface area (Å²) in [6, 6.07) is 0. The van der Waals surface area contributed by atoms with Crippen LogP contribution in [0.5, 0.6) is 0 Å². The summed E-state index contributed by atoms with van der Waals surface area (Å²) in [5.41, 5.74) is 14.0. The van der Waals surface area contributed by atoms with Gasteiger partial charge in [-0.1, -0.05) is 13.3 Å². The molecule has 0 saturated heterocycles. The van der Waals surface area contributed by atoms with Gasteiger partial charge in [0.2, 0.25) is 0 Å². The minimum absolute atomic E-state index is 0.296. The summed E-state index contributed by atoms with van der Waals surface area (Å²) in [6.07, 6.45) is -0.511. The number of rotatable bonds is 6. The van der Waals surface area contributed by atoms with Crippen LogP contribution in [0.3, 0.4) is 0 Å². The van der Waals surface area contributed by atoms with Gasteiger partial charge in [0.05, 0.1) is 31.5 Å². The van der Waals surface area contributed by atoms with E-state index in [1.807, 2.05) is 6.92 Å². The van der Waals surface area contributed by atoms with Crippen molar-refractivity contribution in [3.63, 3.8) is 0 Å². The van der Waals surface area contributed by atoms with E-state index in [0.717, 1.165) is 12.8 Å². The van der Waals surface area contributed by atoms with Crippen LogP contribution in [0.2, 0.25) is 0 Å². The van der Waals surface area contributed by atoms with Crippen LogP contribution in [0.25, 0.3) is 0 Å². The molecule has 12 nitrogen and oxygen atoms in total. The molecule has 0 amide bonds. The Labute approximate surface area is 159 Å². The van der Waals surface area contributed by atoms with Gasteiger partial charge in [0.25, 0.3) is 0 Å². The molecule has 3 atom stereocenters. The lowest BCUT2D eigenvalue weighted by molar-refractivity contribution is -0.143. The van der Waals surface area contributed by atoms with Gasteiger partial charge in [0.15, 0.2) is 0 Å². The van der Waals surface area contributed by atoms with Gasteiger partial charge in [-0.2, -0.15) is 0 Å². The zero-order valence-electron chi connectivity index (χ0n) is 16.4. The zero-order chi connectivity index (χ0) is 23.0. The fourth-order valence-corrected chi connectivity index (χ4v) is 0.542. The van der Waals surface area contributed by atoms with Crippen molar-refractivity contribution in [3.8, 4) is 0 Å². The zero-order valence-corrected chi connectivity index (χ0v) is 16.4. The van der Waals surface area contributed by atoms with Crippen LogP contribution in [0.15, 0.2) is 0 Å². The van der Waals surface area contributed by atoms with Gasteiger partial charge in [-0.3, -0.25) is 14.4 Å². The lowest BCUT2D eigenvalue weighted by Crippen LogP contribution is -2.11. The van der Waals surface area contributed by atoms with Gasteiger partial charge >= 0.3 is 17.9 Å². The van der Waals surface area contributed by atoms with Gasteiger partial charge in [0, 0.05) is 6.42 Å². The molecule has 0 aromatic heterocycles. The predicted molar refractivity (Wildman–Crippen MR) is 99.3 cm³/mol. The number of aliphatic hydroxyl groups excluding tert-OH is 3. The monoisotopic (exact) mass is 403 g/mol. The first-order chi connectivity index (χ1) is 12.1. The van der Waals surface area contributed by atoms with Crippen LogP contribution in [0.4, 0.5) is 0 Å². The second kappa shape index (κ2) is 29.0. The van der Waals surface area contributed by atoms with E-state index in [1.165, 1.54) is 20.8 Å². The van der Waals surface area contributed by atoms with Gasteiger partial charge in [-0.25, -0.2) is 0 Å². The van der Waals surface area contributed by atoms with Crippen LogP contribution in [-0.4, -0.2) is 67.2 Å². The molecular weight excluding hydrogens is 366 g/mol. The molecule has 0 fully saturated rings. The number of hydrogen-bond donors (Lipinski definition) is 9. The number of unbranched alkanes of at least 4 members (excludes halogenated alkanes) is 1. The Hall–Kier alpha value is -1.83. The number of carbonyl (C=O) groups is 3. The average Bonchev–Trinajstić information content (AvgIpc) is 2.41. The molecule has 0 bridgehead atoms. The number of aliphatic carboxylic acids is 3. The van der Waals surface area contributed by atoms with Gasteiger partial charge in [-0.05, 0) is 27.2 Å². The Bertz CT molecular complexity index is 302. The van der Waals surface area contributed by atoms with Crippen molar-refractivity contribution in [2.75, 3.05) is 0 Å². The van der Waals surface area contributed by atoms with E-state index < -0.39 is 36.6 Å². The molecule has 0 spiro atoms. The molecule has 12 N–H and O–H groups in total. The maximum atomic E-state index is 9.76. The average molecular weight is 403 g/mol. The molecule has 0 aliphatic rings. The van der Waals surface area contributed by atoms with Crippen LogP contribution in [0, 0.1) is 0 Å². The van der Waals surface area contributed by atoms with Crippen molar-refractivity contribution in [2.24, 2.45) is 17.2 Å². The Morgan fingerprint density at radius 1 is 0.667 bits per heavy atom. The Morgan fingerprint density at radius 3 is 0.926 bits per heavy atom. The molecule has 0 aliphatic carbocycles. The van der Waals surface area contributed by atoms with Gasteiger partial charge in [0.1, 0.15) is 0 Å². The summed E-state index contributed by atoms with van der Waals surface area (Å²) in [6.45, 7) is 6.48. The Morgan fingerprint density at radius 2 is 0.852 bits per heavy atom. The van der Waals surface area contributed by atoms with Crippen molar-refractivity contribution >= 4 is 17.9 Å². The topological polar surface area (TPSA) is 251 Å². The third-order valence-corrected chi connectivity index (χ3v) is 1.30. The molecule has 27 heavy (non-hydrogen) atoms. The summed E-state index contributed by atoms with van der Waals surface area (Å²) in [7, 11) is 0. The molecule has 3 unspecified atom stereocenters. The van der Waals surface area contributed by atoms with Gasteiger partial charge < -0.3 is 47.8 Å². The second-order valence-electron chi connectivity index (χ2n) is 5.01. The molecule has 0 aliphatic heterocycles. The number of carboxylic acids is 3. The standard InChI is InChI=1S/C5H10O2.C4H6O4.3C2H7NO/c1-2-3-4-5(6)7;5-3(6)1-2-4(7)8;3*1-2(3)4/h2-4H2,1H3,(H,6,7);1-2H2,(H,5,6)(H,7,8);3*2,4H,3H2,1H3. The van der Waals surface area contributed by atoms with Crippen molar-refractivity contribution in [1.29, 1.82) is 0 Å². The number of nitrogens with two attached hydrogens (primary N) is 3. The highest BCUT2D eigenvalue weighted by molar-refractivity contribution is 5.75. The predicted octanol–water partition coefficient (Wildman–Crippen LogP) is -0.953. The molecule has 0 saturated carbocycles. The number of hydrogen-bond acceptors (Lipinski definition) is 9. The van der Waals surface area contributed by atoms with Crippen molar-refractivity contribution in [3.05, 3.63) is 0 Å². The minimum Gasteiger partial charge on any atom is -0.481 e. The lowest BCUT2D eigenvalue weighted by atomic mass is 10.3. The fourth-order valence-electron chi connectivity index (χ4n) is 0.542. The van der Waals surface area contributed by atoms with Crippen molar-refractivity contribution in [1.82, 2.24) is 0 Å². The third kappa shape index (κ3) is 231. The maximum absolute atomic E-state index is 9.76. The smallest absolute Gasteiger partial charge is 0.303 e. The minimum atomic E-state index is -1.08. The maximum Gasteiger partial charge on any atom is 0.303 e. The van der Waals surface area contributed by atoms with Crippen LogP contribution in [-0.2, 0) is 14.4 Å². The highest BCUT2D eigenvalue weighted by Gasteiger charge is 2.00. The number of aliphatic hydroxyl groups is 3. The van der Waals surface area contributed by atoms with E-state index >= 15 is 0 Å². The summed E-state index contributed by atoms with van der Waals surface area (Å²) < 4.78 is 0. The van der Waals surface area contributed by atoms with E-state index in [2.05, 4.69) is 17.2 Å². The SMILES string of the molecule is CC(N)O.CC(N)O.CC(N)O.CCCCC(=O)O.O=C(O)CCC(=O)O. The molecule has 12 heteroatoms. The number of carboxylic acid groups (broad SMARTS) is 3. The summed E-state index contributed by atoms with van der Waals surface area (Å²) in [4.78, 5) is 29.0. The van der Waals surface area contributed by atoms with E-state index in [1.54, 1.807) is 0 Å².